The fourth-order valence-corrected chi connectivity index (χ4v) is 7.01. The first kappa shape index (κ1) is 58.8. The maximum absolute atomic E-state index is 12.4. The van der Waals surface area contributed by atoms with Crippen molar-refractivity contribution in [3.63, 3.8) is 0 Å². The highest BCUT2D eigenvalue weighted by Crippen LogP contribution is 2.14. The number of rotatable bonds is 45. The van der Waals surface area contributed by atoms with Gasteiger partial charge in [0.1, 0.15) is 0 Å². The average Bonchev–Trinajstić information content (AvgIpc) is 3.28. The van der Waals surface area contributed by atoms with E-state index in [9.17, 15) is 15.0 Å². The van der Waals surface area contributed by atoms with Crippen LogP contribution in [0.25, 0.3) is 0 Å². The van der Waals surface area contributed by atoms with Gasteiger partial charge in [-0.05, 0) is 103 Å². The first-order valence-corrected chi connectivity index (χ1v) is 25.7. The topological polar surface area (TPSA) is 69.6 Å². The molecule has 0 rings (SSSR count). The normalized spacial score (nSPS) is 13.9. The fourth-order valence-electron chi connectivity index (χ4n) is 7.01. The highest BCUT2D eigenvalue weighted by atomic mass is 16.3. The third-order valence-corrected chi connectivity index (χ3v) is 10.9. The van der Waals surface area contributed by atoms with Crippen LogP contribution in [-0.2, 0) is 4.79 Å². The lowest BCUT2D eigenvalue weighted by Crippen LogP contribution is -2.45. The summed E-state index contributed by atoms with van der Waals surface area (Å²) in [6.07, 6.45) is 80.5. The Balaban J connectivity index is 3.73. The van der Waals surface area contributed by atoms with Gasteiger partial charge in [0.05, 0.1) is 18.8 Å². The van der Waals surface area contributed by atoms with Crippen molar-refractivity contribution >= 4 is 5.91 Å². The van der Waals surface area contributed by atoms with Gasteiger partial charge in [0.15, 0.2) is 0 Å². The Morgan fingerprint density at radius 3 is 1.13 bits per heavy atom. The van der Waals surface area contributed by atoms with E-state index >= 15 is 0 Å². The number of carbonyl (C=O) groups excluding carboxylic acids is 1. The maximum Gasteiger partial charge on any atom is 0.220 e. The summed E-state index contributed by atoms with van der Waals surface area (Å²) in [4.78, 5) is 12.4. The predicted octanol–water partition coefficient (Wildman–Crippen LogP) is 16.9. The van der Waals surface area contributed by atoms with E-state index in [-0.39, 0.29) is 12.5 Å². The third kappa shape index (κ3) is 47.8. The summed E-state index contributed by atoms with van der Waals surface area (Å²) in [5, 5.41) is 23.1. The van der Waals surface area contributed by atoms with Crippen LogP contribution in [-0.4, -0.2) is 34.9 Å². The summed E-state index contributed by atoms with van der Waals surface area (Å²) in [6, 6.07) is -0.674. The van der Waals surface area contributed by atoms with E-state index in [4.69, 9.17) is 0 Å². The van der Waals surface area contributed by atoms with Crippen molar-refractivity contribution in [2.24, 2.45) is 0 Å². The molecule has 0 aliphatic carbocycles. The van der Waals surface area contributed by atoms with Gasteiger partial charge in [0.2, 0.25) is 5.91 Å². The van der Waals surface area contributed by atoms with E-state index in [0.29, 0.717) is 6.42 Å². The lowest BCUT2D eigenvalue weighted by molar-refractivity contribution is -0.123. The van der Waals surface area contributed by atoms with Gasteiger partial charge in [-0.3, -0.25) is 4.79 Å². The second-order valence-electron chi connectivity index (χ2n) is 16.8. The summed E-state index contributed by atoms with van der Waals surface area (Å²) < 4.78 is 0. The minimum Gasteiger partial charge on any atom is -0.394 e. The molecule has 0 heterocycles. The molecule has 0 saturated carbocycles. The Morgan fingerprint density at radius 2 is 0.726 bits per heavy atom. The van der Waals surface area contributed by atoms with E-state index in [1.165, 1.54) is 103 Å². The van der Waals surface area contributed by atoms with Crippen LogP contribution >= 0.6 is 0 Å². The zero-order valence-corrected chi connectivity index (χ0v) is 40.3. The van der Waals surface area contributed by atoms with Crippen molar-refractivity contribution in [1.29, 1.82) is 0 Å². The minimum atomic E-state index is -0.895. The third-order valence-electron chi connectivity index (χ3n) is 10.9. The monoisotopic (exact) mass is 856 g/mol. The molecule has 0 aromatic heterocycles. The smallest absolute Gasteiger partial charge is 0.220 e. The molecule has 2 atom stereocenters. The van der Waals surface area contributed by atoms with Crippen molar-refractivity contribution in [3.05, 3.63) is 122 Å². The molecule has 0 aliphatic rings. The van der Waals surface area contributed by atoms with Crippen LogP contribution in [0, 0.1) is 0 Å². The number of hydrogen-bond donors (Lipinski definition) is 3. The molecule has 0 saturated heterocycles. The van der Waals surface area contributed by atoms with Crippen LogP contribution in [0.2, 0.25) is 0 Å². The number of amides is 1. The number of nitrogens with one attached hydrogen (secondary N) is 1. The van der Waals surface area contributed by atoms with Gasteiger partial charge in [0, 0.05) is 6.42 Å². The highest BCUT2D eigenvalue weighted by molar-refractivity contribution is 5.76. The standard InChI is InChI=1S/C58H97NO3/c1-3-5-7-9-11-13-15-17-19-21-23-25-27-29-31-33-35-37-39-41-43-45-47-49-51-53-57(61)56(55-60)59-58(62)54-52-50-48-46-44-42-40-38-36-34-32-30-28-26-24-22-20-18-16-14-12-10-8-6-4-2/h6,8,12,14,18,20,24,26,30,32,35-38,42-45,51,53,56-57,60-61H,3-5,7,9-11,13,15-17,19,21-23,25,27-29,31,33-34,39-41,46-50,52,54-55H2,1-2H3,(H,59,62)/b8-6-,14-12-,20-18-,26-24-,32-30-,37-35+,38-36-,44-42-,45-43+,53-51+. The Bertz CT molecular complexity index is 1240. The van der Waals surface area contributed by atoms with Crippen LogP contribution in [0.5, 0.6) is 0 Å². The van der Waals surface area contributed by atoms with E-state index in [2.05, 4.69) is 129 Å². The molecule has 2 unspecified atom stereocenters. The molecule has 4 nitrogen and oxygen atoms in total. The van der Waals surface area contributed by atoms with Gasteiger partial charge in [-0.25, -0.2) is 0 Å². The fraction of sp³-hybridized carbons (Fsp3) is 0.638. The minimum absolute atomic E-state index is 0.114. The Labute approximate surface area is 384 Å². The summed E-state index contributed by atoms with van der Waals surface area (Å²) in [6.45, 7) is 4.16. The molecule has 0 spiro atoms. The maximum atomic E-state index is 12.4. The highest BCUT2D eigenvalue weighted by Gasteiger charge is 2.17. The zero-order chi connectivity index (χ0) is 44.9. The number of carbonyl (C=O) groups is 1. The quantitative estimate of drug-likeness (QED) is 0.0422. The molecule has 0 aromatic rings. The molecule has 0 bridgehead atoms. The van der Waals surface area contributed by atoms with Crippen LogP contribution in [0.1, 0.15) is 219 Å². The van der Waals surface area contributed by atoms with Gasteiger partial charge in [-0.2, -0.15) is 0 Å². The summed E-state index contributed by atoms with van der Waals surface area (Å²) >= 11 is 0. The first-order valence-electron chi connectivity index (χ1n) is 25.7. The van der Waals surface area contributed by atoms with Gasteiger partial charge >= 0.3 is 0 Å². The van der Waals surface area contributed by atoms with Gasteiger partial charge < -0.3 is 15.5 Å². The first-order chi connectivity index (χ1) is 30.7. The molecule has 0 aliphatic heterocycles. The average molecular weight is 856 g/mol. The van der Waals surface area contributed by atoms with E-state index in [1.54, 1.807) is 6.08 Å². The summed E-state index contributed by atoms with van der Waals surface area (Å²) in [5.74, 6) is -0.114. The molecule has 0 aromatic carbocycles. The van der Waals surface area contributed by atoms with Gasteiger partial charge in [-0.15, -0.1) is 0 Å². The molecular weight excluding hydrogens is 759 g/mol. The van der Waals surface area contributed by atoms with E-state index in [1.807, 2.05) is 6.08 Å². The number of hydrogen-bond acceptors (Lipinski definition) is 3. The van der Waals surface area contributed by atoms with Crippen molar-refractivity contribution in [2.75, 3.05) is 6.61 Å². The molecule has 3 N–H and O–H groups in total. The Hall–Kier alpha value is -3.21. The lowest BCUT2D eigenvalue weighted by Gasteiger charge is -2.19. The predicted molar refractivity (Wildman–Crippen MR) is 276 cm³/mol. The SMILES string of the molecule is CC/C=C\C/C=C\C/C=C\C/C=C\C/C=C\C/C=C\C/C=C\CCCCCC(=O)NC(CO)C(O)/C=C/CC/C=C/CC/C=C/CCCCCCCCCCCCCCCCC. The second-order valence-corrected chi connectivity index (χ2v) is 16.8. The number of allylic oxidation sites excluding steroid dienone is 19. The van der Waals surface area contributed by atoms with E-state index in [0.717, 1.165) is 96.3 Å². The summed E-state index contributed by atoms with van der Waals surface area (Å²) in [7, 11) is 0. The second kappa shape index (κ2) is 52.1. The Morgan fingerprint density at radius 1 is 0.403 bits per heavy atom. The van der Waals surface area contributed by atoms with E-state index < -0.39 is 12.1 Å². The van der Waals surface area contributed by atoms with Crippen LogP contribution in [0.15, 0.2) is 122 Å². The van der Waals surface area contributed by atoms with Crippen molar-refractivity contribution < 1.29 is 15.0 Å². The number of aliphatic hydroxyl groups is 2. The molecule has 0 fully saturated rings. The molecule has 4 heteroatoms. The Kier molecular flexibility index (Phi) is 49.4. The van der Waals surface area contributed by atoms with Gasteiger partial charge in [0.25, 0.3) is 0 Å². The molecule has 352 valence electrons. The number of aliphatic hydroxyl groups excluding tert-OH is 2. The zero-order valence-electron chi connectivity index (χ0n) is 40.3. The number of unbranched alkanes of at least 4 members (excludes halogenated alkanes) is 20. The molecular formula is C58H97NO3. The lowest BCUT2D eigenvalue weighted by atomic mass is 10.0. The summed E-state index contributed by atoms with van der Waals surface area (Å²) in [5.41, 5.74) is 0. The largest absolute Gasteiger partial charge is 0.394 e. The van der Waals surface area contributed by atoms with Crippen LogP contribution in [0.3, 0.4) is 0 Å². The van der Waals surface area contributed by atoms with Crippen molar-refractivity contribution in [1.82, 2.24) is 5.32 Å². The van der Waals surface area contributed by atoms with Crippen LogP contribution < -0.4 is 5.32 Å². The molecule has 62 heavy (non-hydrogen) atoms. The van der Waals surface area contributed by atoms with Gasteiger partial charge in [-0.1, -0.05) is 232 Å². The van der Waals surface area contributed by atoms with Crippen molar-refractivity contribution in [2.45, 2.75) is 231 Å². The molecule has 1 amide bonds. The van der Waals surface area contributed by atoms with Crippen LogP contribution in [0.4, 0.5) is 0 Å². The molecule has 0 radical (unpaired) electrons. The van der Waals surface area contributed by atoms with Crippen molar-refractivity contribution in [3.8, 4) is 0 Å².